The van der Waals surface area contributed by atoms with Gasteiger partial charge in [-0.05, 0) is 47.5 Å². The first-order chi connectivity index (χ1) is 14.9. The Morgan fingerprint density at radius 1 is 1.10 bits per heavy atom. The number of hydrogen-bond donors (Lipinski definition) is 0. The van der Waals surface area contributed by atoms with Crippen LogP contribution in [0.5, 0.6) is 11.5 Å². The second-order valence-corrected chi connectivity index (χ2v) is 6.69. The van der Waals surface area contributed by atoms with E-state index >= 15 is 0 Å². The van der Waals surface area contributed by atoms with E-state index < -0.39 is 10.9 Å². The highest BCUT2D eigenvalue weighted by Gasteiger charge is 2.22. The first kappa shape index (κ1) is 21.6. The van der Waals surface area contributed by atoms with E-state index in [0.717, 1.165) is 0 Å². The highest BCUT2D eigenvalue weighted by Crippen LogP contribution is 2.31. The number of nitro benzene ring substituents is 1. The van der Waals surface area contributed by atoms with E-state index in [0.29, 0.717) is 21.7 Å². The van der Waals surface area contributed by atoms with Gasteiger partial charge in [-0.2, -0.15) is 5.26 Å². The van der Waals surface area contributed by atoms with E-state index in [1.54, 1.807) is 42.5 Å². The summed E-state index contributed by atoms with van der Waals surface area (Å²) in [6.07, 6.45) is 1.65. The van der Waals surface area contributed by atoms with Crippen molar-refractivity contribution in [1.82, 2.24) is 0 Å². The molecule has 0 aliphatic rings. The number of benzene rings is 3. The SMILES string of the molecule is COc1cc(C=C(C#N)c2ccc(Cl)cc2)ccc1OC(=O)c1ccccc1[N+](=O)[O-]. The van der Waals surface area contributed by atoms with Crippen LogP contribution in [0, 0.1) is 21.4 Å². The number of carbonyl (C=O) groups excluding carboxylic acids is 1. The molecule has 7 nitrogen and oxygen atoms in total. The van der Waals surface area contributed by atoms with E-state index in [1.165, 1.54) is 37.4 Å². The Hall–Kier alpha value is -4.15. The molecule has 154 valence electrons. The van der Waals surface area contributed by atoms with Crippen molar-refractivity contribution >= 4 is 34.9 Å². The Morgan fingerprint density at radius 2 is 1.81 bits per heavy atom. The number of ether oxygens (including phenoxy) is 2. The number of nitrogens with zero attached hydrogens (tertiary/aromatic N) is 2. The van der Waals surface area contributed by atoms with Crippen LogP contribution in [-0.4, -0.2) is 18.0 Å². The number of esters is 1. The average molecular weight is 435 g/mol. The zero-order chi connectivity index (χ0) is 22.4. The van der Waals surface area contributed by atoms with Crippen LogP contribution in [0.25, 0.3) is 11.6 Å². The second kappa shape index (κ2) is 9.57. The lowest BCUT2D eigenvalue weighted by molar-refractivity contribution is -0.385. The predicted molar refractivity (Wildman–Crippen MR) is 116 cm³/mol. The van der Waals surface area contributed by atoms with Gasteiger partial charge in [0, 0.05) is 11.1 Å². The summed E-state index contributed by atoms with van der Waals surface area (Å²) in [5.74, 6) is -0.561. The molecule has 0 N–H and O–H groups in total. The second-order valence-electron chi connectivity index (χ2n) is 6.25. The molecule has 0 heterocycles. The van der Waals surface area contributed by atoms with E-state index in [9.17, 15) is 20.2 Å². The topological polar surface area (TPSA) is 102 Å². The van der Waals surface area contributed by atoms with Gasteiger partial charge in [-0.15, -0.1) is 0 Å². The van der Waals surface area contributed by atoms with Crippen molar-refractivity contribution in [3.05, 3.63) is 98.6 Å². The largest absolute Gasteiger partial charge is 0.493 e. The van der Waals surface area contributed by atoms with Crippen LogP contribution in [-0.2, 0) is 0 Å². The van der Waals surface area contributed by atoms with Crippen molar-refractivity contribution in [2.45, 2.75) is 0 Å². The minimum Gasteiger partial charge on any atom is -0.493 e. The Morgan fingerprint density at radius 3 is 2.45 bits per heavy atom. The van der Waals surface area contributed by atoms with Crippen LogP contribution in [0.15, 0.2) is 66.7 Å². The van der Waals surface area contributed by atoms with Gasteiger partial charge in [-0.3, -0.25) is 10.1 Å². The van der Waals surface area contributed by atoms with Crippen LogP contribution < -0.4 is 9.47 Å². The molecule has 31 heavy (non-hydrogen) atoms. The van der Waals surface area contributed by atoms with Gasteiger partial charge in [0.2, 0.25) is 0 Å². The van der Waals surface area contributed by atoms with Crippen molar-refractivity contribution in [3.8, 4) is 17.6 Å². The first-order valence-corrected chi connectivity index (χ1v) is 9.32. The number of allylic oxidation sites excluding steroid dienone is 1. The summed E-state index contributed by atoms with van der Waals surface area (Å²) >= 11 is 5.89. The number of nitro groups is 1. The van der Waals surface area contributed by atoms with Crippen LogP contribution in [0.3, 0.4) is 0 Å². The van der Waals surface area contributed by atoms with Crippen molar-refractivity contribution < 1.29 is 19.2 Å². The highest BCUT2D eigenvalue weighted by atomic mass is 35.5. The van der Waals surface area contributed by atoms with Gasteiger partial charge >= 0.3 is 5.97 Å². The monoisotopic (exact) mass is 434 g/mol. The molecule has 0 spiro atoms. The normalized spacial score (nSPS) is 10.8. The van der Waals surface area contributed by atoms with E-state index in [-0.39, 0.29) is 22.7 Å². The Labute approximate surface area is 182 Å². The summed E-state index contributed by atoms with van der Waals surface area (Å²) in [6, 6.07) is 19.2. The average Bonchev–Trinajstić information content (AvgIpc) is 2.78. The molecular weight excluding hydrogens is 420 g/mol. The third-order valence-electron chi connectivity index (χ3n) is 4.30. The maximum absolute atomic E-state index is 12.5. The minimum absolute atomic E-state index is 0.0906. The summed E-state index contributed by atoms with van der Waals surface area (Å²) in [7, 11) is 1.40. The molecule has 8 heteroatoms. The Bertz CT molecular complexity index is 1210. The number of rotatable bonds is 6. The van der Waals surface area contributed by atoms with Crippen LogP contribution in [0.2, 0.25) is 5.02 Å². The van der Waals surface area contributed by atoms with Gasteiger partial charge in [-0.25, -0.2) is 4.79 Å². The molecule has 0 radical (unpaired) electrons. The molecule has 0 saturated heterocycles. The fourth-order valence-electron chi connectivity index (χ4n) is 2.79. The van der Waals surface area contributed by atoms with E-state index in [4.69, 9.17) is 21.1 Å². The summed E-state index contributed by atoms with van der Waals surface area (Å²) < 4.78 is 10.6. The summed E-state index contributed by atoms with van der Waals surface area (Å²) in [6.45, 7) is 0. The van der Waals surface area contributed by atoms with Crippen LogP contribution in [0.1, 0.15) is 21.5 Å². The number of nitriles is 1. The Kier molecular flexibility index (Phi) is 6.65. The molecule has 0 aliphatic carbocycles. The molecule has 0 bridgehead atoms. The van der Waals surface area contributed by atoms with E-state index in [1.807, 2.05) is 0 Å². The highest BCUT2D eigenvalue weighted by molar-refractivity contribution is 6.30. The molecule has 0 aromatic heterocycles. The predicted octanol–water partition coefficient (Wildman–Crippen LogP) is 5.54. The van der Waals surface area contributed by atoms with Gasteiger partial charge in [0.15, 0.2) is 11.5 Å². The minimum atomic E-state index is -0.882. The number of carbonyl (C=O) groups is 1. The number of methoxy groups -OCH3 is 1. The molecule has 0 amide bonds. The maximum Gasteiger partial charge on any atom is 0.350 e. The molecule has 0 atom stereocenters. The lowest BCUT2D eigenvalue weighted by Gasteiger charge is -2.10. The lowest BCUT2D eigenvalue weighted by atomic mass is 10.0. The van der Waals surface area contributed by atoms with E-state index in [2.05, 4.69) is 6.07 Å². The lowest BCUT2D eigenvalue weighted by Crippen LogP contribution is -2.11. The van der Waals surface area contributed by atoms with Gasteiger partial charge in [-0.1, -0.05) is 41.9 Å². The zero-order valence-electron chi connectivity index (χ0n) is 16.2. The van der Waals surface area contributed by atoms with Gasteiger partial charge in [0.05, 0.1) is 23.7 Å². The fourth-order valence-corrected chi connectivity index (χ4v) is 2.92. The van der Waals surface area contributed by atoms with Crippen molar-refractivity contribution in [1.29, 1.82) is 5.26 Å². The fraction of sp³-hybridized carbons (Fsp3) is 0.0435. The van der Waals surface area contributed by atoms with Gasteiger partial charge in [0.1, 0.15) is 5.56 Å². The molecule has 3 aromatic carbocycles. The van der Waals surface area contributed by atoms with Crippen molar-refractivity contribution in [3.63, 3.8) is 0 Å². The van der Waals surface area contributed by atoms with Gasteiger partial charge in [0.25, 0.3) is 5.69 Å². The van der Waals surface area contributed by atoms with Gasteiger partial charge < -0.3 is 9.47 Å². The molecular formula is C23H15ClN2O5. The van der Waals surface area contributed by atoms with Crippen LogP contribution in [0.4, 0.5) is 5.69 Å². The Balaban J connectivity index is 1.90. The standard InChI is InChI=1S/C23H15ClN2O5/c1-30-22-13-15(12-17(14-25)16-7-9-18(24)10-8-16)6-11-21(22)31-23(27)19-4-2-3-5-20(19)26(28)29/h2-13H,1H3. The van der Waals surface area contributed by atoms with Crippen molar-refractivity contribution in [2.75, 3.05) is 7.11 Å². The molecule has 0 saturated carbocycles. The number of para-hydroxylation sites is 1. The number of hydrogen-bond acceptors (Lipinski definition) is 6. The maximum atomic E-state index is 12.5. The summed E-state index contributed by atoms with van der Waals surface area (Å²) in [5.41, 5.74) is 1.20. The summed E-state index contributed by atoms with van der Waals surface area (Å²) in [5, 5.41) is 21.2. The molecule has 3 rings (SSSR count). The third-order valence-corrected chi connectivity index (χ3v) is 4.55. The molecule has 0 aliphatic heterocycles. The smallest absolute Gasteiger partial charge is 0.350 e. The molecule has 0 fully saturated rings. The molecule has 0 unspecified atom stereocenters. The molecule has 3 aromatic rings. The third kappa shape index (κ3) is 5.07. The quantitative estimate of drug-likeness (QED) is 0.126. The van der Waals surface area contributed by atoms with Crippen LogP contribution >= 0.6 is 11.6 Å². The van der Waals surface area contributed by atoms with Crippen molar-refractivity contribution in [2.24, 2.45) is 0 Å². The number of halogens is 1. The zero-order valence-corrected chi connectivity index (χ0v) is 17.0. The first-order valence-electron chi connectivity index (χ1n) is 8.94. The summed E-state index contributed by atoms with van der Waals surface area (Å²) in [4.78, 5) is 23.0.